The maximum absolute atomic E-state index is 11.0. The minimum Gasteiger partial charge on any atom is -0.396 e. The molecule has 0 radical (unpaired) electrons. The second-order valence-corrected chi connectivity index (χ2v) is 5.90. The third-order valence-electron chi connectivity index (χ3n) is 2.76. The maximum Gasteiger partial charge on any atom is 0.208 e. The molecular weight excluding hydrogens is 202 g/mol. The molecule has 1 aliphatic carbocycles. The molecule has 5 heteroatoms. The molecule has 1 aliphatic rings. The van der Waals surface area contributed by atoms with E-state index in [0.29, 0.717) is 5.92 Å². The second kappa shape index (κ2) is 5.09. The molecular formula is C9H19NO3S. The van der Waals surface area contributed by atoms with Gasteiger partial charge >= 0.3 is 0 Å². The Labute approximate surface area is 85.8 Å². The highest BCUT2D eigenvalue weighted by Crippen LogP contribution is 2.26. The van der Waals surface area contributed by atoms with Crippen molar-refractivity contribution in [2.75, 3.05) is 12.9 Å². The summed E-state index contributed by atoms with van der Waals surface area (Å²) in [6.07, 6.45) is 5.90. The van der Waals surface area contributed by atoms with Gasteiger partial charge in [-0.2, -0.15) is 0 Å². The van der Waals surface area contributed by atoms with E-state index >= 15 is 0 Å². The molecule has 0 aliphatic heterocycles. The van der Waals surface area contributed by atoms with Gasteiger partial charge in [0.25, 0.3) is 0 Å². The molecule has 0 aromatic carbocycles. The number of nitrogens with one attached hydrogen (secondary N) is 1. The summed E-state index contributed by atoms with van der Waals surface area (Å²) in [7, 11) is -3.05. The molecule has 0 aromatic rings. The molecule has 1 fully saturated rings. The lowest BCUT2D eigenvalue weighted by atomic mass is 9.85. The fourth-order valence-corrected chi connectivity index (χ4v) is 2.90. The van der Waals surface area contributed by atoms with Gasteiger partial charge in [-0.05, 0) is 38.0 Å². The van der Waals surface area contributed by atoms with Gasteiger partial charge in [0, 0.05) is 12.6 Å². The van der Waals surface area contributed by atoms with Gasteiger partial charge in [0.05, 0.1) is 6.26 Å². The molecule has 0 heterocycles. The Morgan fingerprint density at radius 1 is 1.29 bits per heavy atom. The van der Waals surface area contributed by atoms with Crippen LogP contribution in [-0.2, 0) is 10.0 Å². The molecule has 4 nitrogen and oxygen atoms in total. The predicted octanol–water partition coefficient (Wildman–Crippen LogP) is 0.477. The van der Waals surface area contributed by atoms with E-state index in [4.69, 9.17) is 5.11 Å². The first-order valence-electron chi connectivity index (χ1n) is 5.09. The summed E-state index contributed by atoms with van der Waals surface area (Å²) < 4.78 is 24.5. The summed E-state index contributed by atoms with van der Waals surface area (Å²) >= 11 is 0. The minimum absolute atomic E-state index is 0.111. The van der Waals surface area contributed by atoms with Gasteiger partial charge in [0.1, 0.15) is 0 Å². The minimum atomic E-state index is -3.05. The van der Waals surface area contributed by atoms with Crippen LogP contribution in [0.5, 0.6) is 0 Å². The molecule has 1 rings (SSSR count). The maximum atomic E-state index is 11.0. The van der Waals surface area contributed by atoms with E-state index in [2.05, 4.69) is 4.72 Å². The van der Waals surface area contributed by atoms with Crippen LogP contribution in [-0.4, -0.2) is 32.4 Å². The van der Waals surface area contributed by atoms with Crippen molar-refractivity contribution in [2.24, 2.45) is 5.92 Å². The first-order chi connectivity index (χ1) is 6.51. The van der Waals surface area contributed by atoms with Crippen molar-refractivity contribution < 1.29 is 13.5 Å². The highest BCUT2D eigenvalue weighted by molar-refractivity contribution is 7.88. The van der Waals surface area contributed by atoms with Gasteiger partial charge in [-0.15, -0.1) is 0 Å². The summed E-state index contributed by atoms with van der Waals surface area (Å²) in [6, 6.07) is 0.111. The van der Waals surface area contributed by atoms with Gasteiger partial charge < -0.3 is 5.11 Å². The molecule has 0 spiro atoms. The van der Waals surface area contributed by atoms with Crippen LogP contribution in [0.1, 0.15) is 32.1 Å². The highest BCUT2D eigenvalue weighted by Gasteiger charge is 2.22. The summed E-state index contributed by atoms with van der Waals surface area (Å²) in [5.74, 6) is 0.581. The SMILES string of the molecule is CS(=O)(=O)NC1CCC(CCO)CC1. The molecule has 2 N–H and O–H groups in total. The van der Waals surface area contributed by atoms with Crippen LogP contribution in [0.15, 0.2) is 0 Å². The standard InChI is InChI=1S/C9H19NO3S/c1-14(12,13)10-9-4-2-8(3-5-9)6-7-11/h8-11H,2-7H2,1H3. The van der Waals surface area contributed by atoms with E-state index in [1.54, 1.807) is 0 Å². The Kier molecular flexibility index (Phi) is 4.34. The van der Waals surface area contributed by atoms with Crippen molar-refractivity contribution in [1.29, 1.82) is 0 Å². The van der Waals surface area contributed by atoms with Gasteiger partial charge in [0.2, 0.25) is 10.0 Å². The van der Waals surface area contributed by atoms with Crippen molar-refractivity contribution in [2.45, 2.75) is 38.1 Å². The number of hydrogen-bond donors (Lipinski definition) is 2. The lowest BCUT2D eigenvalue weighted by Gasteiger charge is -2.28. The summed E-state index contributed by atoms with van der Waals surface area (Å²) in [5, 5.41) is 8.76. The van der Waals surface area contributed by atoms with Crippen LogP contribution in [0, 0.1) is 5.92 Å². The molecule has 0 saturated heterocycles. The van der Waals surface area contributed by atoms with Gasteiger partial charge in [-0.3, -0.25) is 0 Å². The summed E-state index contributed by atoms with van der Waals surface area (Å²) in [6.45, 7) is 0.245. The van der Waals surface area contributed by atoms with Gasteiger partial charge in [-0.25, -0.2) is 13.1 Å². The fraction of sp³-hybridized carbons (Fsp3) is 1.00. The van der Waals surface area contributed by atoms with E-state index in [1.807, 2.05) is 0 Å². The van der Waals surface area contributed by atoms with E-state index < -0.39 is 10.0 Å². The van der Waals surface area contributed by atoms with Crippen molar-refractivity contribution in [1.82, 2.24) is 4.72 Å². The van der Waals surface area contributed by atoms with Crippen LogP contribution >= 0.6 is 0 Å². The monoisotopic (exact) mass is 221 g/mol. The van der Waals surface area contributed by atoms with E-state index in [9.17, 15) is 8.42 Å². The average Bonchev–Trinajstić information content (AvgIpc) is 2.06. The second-order valence-electron chi connectivity index (χ2n) is 4.12. The lowest BCUT2D eigenvalue weighted by Crippen LogP contribution is -2.36. The molecule has 0 aromatic heterocycles. The zero-order valence-corrected chi connectivity index (χ0v) is 9.39. The third kappa shape index (κ3) is 4.39. The topological polar surface area (TPSA) is 66.4 Å². The first-order valence-corrected chi connectivity index (χ1v) is 6.98. The van der Waals surface area contributed by atoms with E-state index in [0.717, 1.165) is 32.1 Å². The lowest BCUT2D eigenvalue weighted by molar-refractivity contribution is 0.219. The zero-order chi connectivity index (χ0) is 10.6. The summed E-state index contributed by atoms with van der Waals surface area (Å²) in [5.41, 5.74) is 0. The highest BCUT2D eigenvalue weighted by atomic mass is 32.2. The van der Waals surface area contributed by atoms with E-state index in [-0.39, 0.29) is 12.6 Å². The van der Waals surface area contributed by atoms with Crippen LogP contribution in [0.4, 0.5) is 0 Å². The van der Waals surface area contributed by atoms with Crippen molar-refractivity contribution >= 4 is 10.0 Å². The smallest absolute Gasteiger partial charge is 0.208 e. The number of aliphatic hydroxyl groups excluding tert-OH is 1. The van der Waals surface area contributed by atoms with Gasteiger partial charge in [-0.1, -0.05) is 0 Å². The van der Waals surface area contributed by atoms with Crippen LogP contribution in [0.2, 0.25) is 0 Å². The molecule has 0 bridgehead atoms. The van der Waals surface area contributed by atoms with Crippen molar-refractivity contribution in [3.8, 4) is 0 Å². The number of aliphatic hydroxyl groups is 1. The zero-order valence-electron chi connectivity index (χ0n) is 8.57. The van der Waals surface area contributed by atoms with Gasteiger partial charge in [0.15, 0.2) is 0 Å². The molecule has 84 valence electrons. The molecule has 14 heavy (non-hydrogen) atoms. The van der Waals surface area contributed by atoms with Crippen LogP contribution in [0.3, 0.4) is 0 Å². The van der Waals surface area contributed by atoms with Crippen LogP contribution < -0.4 is 4.72 Å². The number of hydrogen-bond acceptors (Lipinski definition) is 3. The Hall–Kier alpha value is -0.130. The first kappa shape index (κ1) is 11.9. The number of sulfonamides is 1. The van der Waals surface area contributed by atoms with E-state index in [1.165, 1.54) is 6.26 Å². The molecule has 0 amide bonds. The Morgan fingerprint density at radius 2 is 1.86 bits per heavy atom. The Morgan fingerprint density at radius 3 is 2.29 bits per heavy atom. The van der Waals surface area contributed by atoms with Crippen molar-refractivity contribution in [3.63, 3.8) is 0 Å². The van der Waals surface area contributed by atoms with Crippen molar-refractivity contribution in [3.05, 3.63) is 0 Å². The fourth-order valence-electron chi connectivity index (χ4n) is 2.05. The molecule has 0 unspecified atom stereocenters. The Balaban J connectivity index is 2.29. The number of rotatable bonds is 4. The molecule has 1 saturated carbocycles. The Bertz CT molecular complexity index is 255. The summed E-state index contributed by atoms with van der Waals surface area (Å²) in [4.78, 5) is 0. The largest absolute Gasteiger partial charge is 0.396 e. The normalized spacial score (nSPS) is 29.0. The average molecular weight is 221 g/mol. The van der Waals surface area contributed by atoms with Crippen LogP contribution in [0.25, 0.3) is 0 Å². The predicted molar refractivity (Wildman–Crippen MR) is 55.4 cm³/mol. The quantitative estimate of drug-likeness (QED) is 0.725. The third-order valence-corrected chi connectivity index (χ3v) is 3.53. The molecule has 0 atom stereocenters.